The molecule has 7 heteroatoms. The minimum atomic E-state index is -0.195. The van der Waals surface area contributed by atoms with Crippen molar-refractivity contribution < 1.29 is 4.79 Å². The van der Waals surface area contributed by atoms with E-state index in [4.69, 9.17) is 11.6 Å². The fourth-order valence-electron chi connectivity index (χ4n) is 3.20. The van der Waals surface area contributed by atoms with Crippen molar-refractivity contribution in [3.05, 3.63) is 44.9 Å². The van der Waals surface area contributed by atoms with Crippen LogP contribution in [0.3, 0.4) is 0 Å². The van der Waals surface area contributed by atoms with E-state index in [1.165, 1.54) is 5.69 Å². The maximum atomic E-state index is 12.8. The summed E-state index contributed by atoms with van der Waals surface area (Å²) in [5, 5.41) is 3.41. The van der Waals surface area contributed by atoms with Gasteiger partial charge in [0.05, 0.1) is 16.4 Å². The quantitative estimate of drug-likeness (QED) is 0.837. The number of likely N-dealkylation sites (N-methyl/N-ethyl adjacent to an activating group) is 1. The first-order valence-corrected chi connectivity index (χ1v) is 9.25. The Hall–Kier alpha value is -1.37. The smallest absolute Gasteiger partial charge is 0.291 e. The SMILES string of the molecule is CN1CCc2c(nc(C(=O)Nc3cccc(Br)c3Cl)n2C2CC2)C1. The molecule has 24 heavy (non-hydrogen) atoms. The van der Waals surface area contributed by atoms with Crippen LogP contribution in [0.1, 0.15) is 40.9 Å². The maximum absolute atomic E-state index is 12.8. The highest BCUT2D eigenvalue weighted by Crippen LogP contribution is 2.39. The molecule has 5 nitrogen and oxygen atoms in total. The summed E-state index contributed by atoms with van der Waals surface area (Å²) in [6.07, 6.45) is 3.19. The van der Waals surface area contributed by atoms with Crippen molar-refractivity contribution in [2.45, 2.75) is 31.8 Å². The monoisotopic (exact) mass is 408 g/mol. The van der Waals surface area contributed by atoms with Gasteiger partial charge in [0.2, 0.25) is 0 Å². The molecule has 1 aromatic carbocycles. The van der Waals surface area contributed by atoms with Crippen LogP contribution in [-0.4, -0.2) is 34.0 Å². The molecule has 2 heterocycles. The number of anilines is 1. The third-order valence-electron chi connectivity index (χ3n) is 4.56. The summed E-state index contributed by atoms with van der Waals surface area (Å²) in [6, 6.07) is 5.91. The Morgan fingerprint density at radius 3 is 2.96 bits per heavy atom. The molecule has 1 aliphatic carbocycles. The third kappa shape index (κ3) is 2.87. The van der Waals surface area contributed by atoms with Crippen molar-refractivity contribution in [2.24, 2.45) is 0 Å². The number of hydrogen-bond acceptors (Lipinski definition) is 3. The zero-order valence-corrected chi connectivity index (χ0v) is 15.7. The van der Waals surface area contributed by atoms with Crippen LogP contribution >= 0.6 is 27.5 Å². The van der Waals surface area contributed by atoms with Crippen molar-refractivity contribution in [3.8, 4) is 0 Å². The van der Waals surface area contributed by atoms with Gasteiger partial charge in [-0.05, 0) is 48.0 Å². The van der Waals surface area contributed by atoms with Gasteiger partial charge >= 0.3 is 0 Å². The van der Waals surface area contributed by atoms with Crippen molar-refractivity contribution in [1.82, 2.24) is 14.5 Å². The number of halogens is 2. The standard InChI is InChI=1S/C17H18BrClN4O/c1-22-8-7-14-13(9-22)20-16(23(14)10-5-6-10)17(24)21-12-4-2-3-11(18)15(12)19/h2-4,10H,5-9H2,1H3,(H,21,24). The molecule has 4 rings (SSSR count). The third-order valence-corrected chi connectivity index (χ3v) is 5.85. The topological polar surface area (TPSA) is 50.2 Å². The van der Waals surface area contributed by atoms with Gasteiger partial charge in [-0.2, -0.15) is 0 Å². The second-order valence-electron chi connectivity index (χ2n) is 6.47. The van der Waals surface area contributed by atoms with E-state index >= 15 is 0 Å². The number of benzene rings is 1. The lowest BCUT2D eigenvalue weighted by Crippen LogP contribution is -2.27. The maximum Gasteiger partial charge on any atom is 0.291 e. The van der Waals surface area contributed by atoms with Crippen LogP contribution in [0.25, 0.3) is 0 Å². The van der Waals surface area contributed by atoms with Gasteiger partial charge in [0.25, 0.3) is 5.91 Å². The van der Waals surface area contributed by atoms with Crippen molar-refractivity contribution in [3.63, 3.8) is 0 Å². The average Bonchev–Trinajstić information content (AvgIpc) is 3.32. The number of aromatic nitrogens is 2. The van der Waals surface area contributed by atoms with Gasteiger partial charge in [0.15, 0.2) is 5.82 Å². The van der Waals surface area contributed by atoms with Crippen LogP contribution in [0.4, 0.5) is 5.69 Å². The lowest BCUT2D eigenvalue weighted by Gasteiger charge is -2.22. The molecule has 1 fully saturated rings. The van der Waals surface area contributed by atoms with E-state index in [9.17, 15) is 4.79 Å². The molecule has 0 spiro atoms. The van der Waals surface area contributed by atoms with Gasteiger partial charge in [-0.1, -0.05) is 17.7 Å². The fraction of sp³-hybridized carbons (Fsp3) is 0.412. The van der Waals surface area contributed by atoms with Crippen molar-refractivity contribution in [2.75, 3.05) is 18.9 Å². The van der Waals surface area contributed by atoms with Crippen LogP contribution in [0.5, 0.6) is 0 Å². The van der Waals surface area contributed by atoms with E-state index in [0.717, 1.165) is 42.5 Å². The normalized spacial score (nSPS) is 17.6. The predicted octanol–water partition coefficient (Wildman–Crippen LogP) is 3.87. The highest BCUT2D eigenvalue weighted by atomic mass is 79.9. The molecule has 126 valence electrons. The first-order valence-electron chi connectivity index (χ1n) is 8.08. The number of nitrogens with zero attached hydrogens (tertiary/aromatic N) is 3. The first-order chi connectivity index (χ1) is 11.5. The summed E-state index contributed by atoms with van der Waals surface area (Å²) >= 11 is 9.65. The van der Waals surface area contributed by atoms with E-state index in [1.54, 1.807) is 6.07 Å². The Morgan fingerprint density at radius 1 is 1.42 bits per heavy atom. The molecule has 0 atom stereocenters. The molecule has 2 aromatic rings. The number of amides is 1. The second-order valence-corrected chi connectivity index (χ2v) is 7.71. The molecule has 0 radical (unpaired) electrons. The average molecular weight is 410 g/mol. The van der Waals surface area contributed by atoms with Crippen molar-refractivity contribution >= 4 is 39.1 Å². The highest BCUT2D eigenvalue weighted by Gasteiger charge is 2.34. The largest absolute Gasteiger partial charge is 0.321 e. The molecule has 1 N–H and O–H groups in total. The Bertz CT molecular complexity index is 815. The van der Waals surface area contributed by atoms with Crippen LogP contribution in [0, 0.1) is 0 Å². The minimum absolute atomic E-state index is 0.195. The molecule has 0 bridgehead atoms. The molecular weight excluding hydrogens is 392 g/mol. The summed E-state index contributed by atoms with van der Waals surface area (Å²) in [5.41, 5.74) is 2.85. The summed E-state index contributed by atoms with van der Waals surface area (Å²) in [7, 11) is 2.08. The van der Waals surface area contributed by atoms with Crippen molar-refractivity contribution in [1.29, 1.82) is 0 Å². The zero-order chi connectivity index (χ0) is 16.8. The summed E-state index contributed by atoms with van der Waals surface area (Å²) in [5.74, 6) is 0.313. The summed E-state index contributed by atoms with van der Waals surface area (Å²) < 4.78 is 2.91. The molecule has 1 aromatic heterocycles. The van der Waals surface area contributed by atoms with E-state index in [0.29, 0.717) is 22.6 Å². The second kappa shape index (κ2) is 6.17. The lowest BCUT2D eigenvalue weighted by atomic mass is 10.1. The number of hydrogen-bond donors (Lipinski definition) is 1. The summed E-state index contributed by atoms with van der Waals surface area (Å²) in [6.45, 7) is 1.80. The number of fused-ring (bicyclic) bond motifs is 1. The Balaban J connectivity index is 1.68. The lowest BCUT2D eigenvalue weighted by molar-refractivity contribution is 0.101. The Morgan fingerprint density at radius 2 is 2.21 bits per heavy atom. The van der Waals surface area contributed by atoms with Crippen LogP contribution in [-0.2, 0) is 13.0 Å². The summed E-state index contributed by atoms with van der Waals surface area (Å²) in [4.78, 5) is 19.7. The van der Waals surface area contributed by atoms with Gasteiger partial charge in [-0.25, -0.2) is 4.98 Å². The van der Waals surface area contributed by atoms with E-state index in [1.807, 2.05) is 12.1 Å². The van der Waals surface area contributed by atoms with Crippen LogP contribution in [0.2, 0.25) is 5.02 Å². The number of carbonyl (C=O) groups excluding carboxylic acids is 1. The van der Waals surface area contributed by atoms with E-state index in [2.05, 4.69) is 42.7 Å². The Labute approximate surface area is 154 Å². The highest BCUT2D eigenvalue weighted by molar-refractivity contribution is 9.10. The minimum Gasteiger partial charge on any atom is -0.321 e. The first kappa shape index (κ1) is 16.1. The van der Waals surface area contributed by atoms with E-state index in [-0.39, 0.29) is 5.91 Å². The molecule has 1 aliphatic heterocycles. The molecule has 2 aliphatic rings. The fourth-order valence-corrected chi connectivity index (χ4v) is 3.74. The molecule has 1 saturated carbocycles. The number of carbonyl (C=O) groups is 1. The molecule has 0 saturated heterocycles. The number of rotatable bonds is 3. The predicted molar refractivity (Wildman–Crippen MR) is 97.6 cm³/mol. The molecule has 0 unspecified atom stereocenters. The van der Waals surface area contributed by atoms with Gasteiger partial charge < -0.3 is 14.8 Å². The number of imidazole rings is 1. The van der Waals surface area contributed by atoms with Crippen LogP contribution in [0.15, 0.2) is 22.7 Å². The molecular formula is C17H18BrClN4O. The van der Waals surface area contributed by atoms with Gasteiger partial charge in [0, 0.05) is 35.7 Å². The van der Waals surface area contributed by atoms with Gasteiger partial charge in [-0.15, -0.1) is 0 Å². The zero-order valence-electron chi connectivity index (χ0n) is 13.4. The van der Waals surface area contributed by atoms with Gasteiger partial charge in [0.1, 0.15) is 0 Å². The Kier molecular flexibility index (Phi) is 4.14. The molecule has 1 amide bonds. The van der Waals surface area contributed by atoms with Gasteiger partial charge in [-0.3, -0.25) is 4.79 Å². The van der Waals surface area contributed by atoms with E-state index < -0.39 is 0 Å². The number of nitrogens with one attached hydrogen (secondary N) is 1. The van der Waals surface area contributed by atoms with Crippen LogP contribution < -0.4 is 5.32 Å².